The second-order valence-corrected chi connectivity index (χ2v) is 11.7. The van der Waals surface area contributed by atoms with Gasteiger partial charge in [-0.25, -0.2) is 9.69 Å². The fraction of sp³-hybridized carbons (Fsp3) is 0.538. The van der Waals surface area contributed by atoms with E-state index in [1.54, 1.807) is 11.3 Å². The molecule has 3 heterocycles. The molecule has 1 aromatic carbocycles. The van der Waals surface area contributed by atoms with E-state index in [1.165, 1.54) is 20.9 Å². The Morgan fingerprint density at radius 1 is 1.09 bits per heavy atom. The predicted octanol–water partition coefficient (Wildman–Crippen LogP) is 5.18. The van der Waals surface area contributed by atoms with E-state index in [4.69, 9.17) is 0 Å². The normalized spacial score (nSPS) is 28.8. The van der Waals surface area contributed by atoms with Gasteiger partial charge in [0.05, 0.1) is 12.7 Å². The van der Waals surface area contributed by atoms with Gasteiger partial charge in [-0.15, -0.1) is 11.3 Å². The molecule has 0 radical (unpaired) electrons. The number of rotatable bonds is 3. The van der Waals surface area contributed by atoms with Crippen LogP contribution in [-0.2, 0) is 11.2 Å². The summed E-state index contributed by atoms with van der Waals surface area (Å²) >= 11 is 1.80. The van der Waals surface area contributed by atoms with Crippen molar-refractivity contribution < 1.29 is 9.59 Å². The van der Waals surface area contributed by atoms with Crippen LogP contribution in [0.15, 0.2) is 41.8 Å². The van der Waals surface area contributed by atoms with Crippen molar-refractivity contribution in [2.45, 2.75) is 64.5 Å². The van der Waals surface area contributed by atoms with Gasteiger partial charge in [0.2, 0.25) is 0 Å². The maximum atomic E-state index is 13.6. The van der Waals surface area contributed by atoms with E-state index in [9.17, 15) is 9.59 Å². The van der Waals surface area contributed by atoms with E-state index in [2.05, 4.69) is 66.7 Å². The Balaban J connectivity index is 1.37. The smallest absolute Gasteiger partial charge is 0.323 e. The molecule has 2 aromatic rings. The number of benzene rings is 1. The number of hydrogen-bond donors (Lipinski definition) is 1. The van der Waals surface area contributed by atoms with Gasteiger partial charge in [-0.05, 0) is 66.0 Å². The van der Waals surface area contributed by atoms with Gasteiger partial charge in [0.15, 0.2) is 0 Å². The van der Waals surface area contributed by atoms with Crippen LogP contribution in [0.3, 0.4) is 0 Å². The first-order chi connectivity index (χ1) is 15.3. The van der Waals surface area contributed by atoms with Crippen LogP contribution in [0, 0.1) is 11.3 Å². The Morgan fingerprint density at radius 2 is 1.81 bits per heavy atom. The maximum Gasteiger partial charge on any atom is 0.326 e. The number of urea groups is 1. The van der Waals surface area contributed by atoms with Crippen molar-refractivity contribution in [3.63, 3.8) is 0 Å². The predicted molar refractivity (Wildman–Crippen MR) is 127 cm³/mol. The summed E-state index contributed by atoms with van der Waals surface area (Å²) in [6, 6.07) is 12.5. The molecule has 6 heteroatoms. The molecule has 1 spiro atoms. The van der Waals surface area contributed by atoms with Gasteiger partial charge in [0, 0.05) is 11.4 Å². The molecule has 1 saturated heterocycles. The number of nitrogens with one attached hydrogen (secondary N) is 1. The molecule has 1 unspecified atom stereocenters. The zero-order valence-corrected chi connectivity index (χ0v) is 20.1. The molecule has 3 aliphatic rings. The Bertz CT molecular complexity index is 1000. The lowest BCUT2D eigenvalue weighted by Crippen LogP contribution is -2.51. The molecule has 1 atom stereocenters. The van der Waals surface area contributed by atoms with Gasteiger partial charge in [-0.3, -0.25) is 9.69 Å². The molecule has 5 rings (SSSR count). The molecule has 1 aliphatic carbocycles. The summed E-state index contributed by atoms with van der Waals surface area (Å²) in [6.45, 7) is 7.99. The zero-order valence-electron chi connectivity index (χ0n) is 19.3. The third-order valence-electron chi connectivity index (χ3n) is 7.81. The van der Waals surface area contributed by atoms with Crippen molar-refractivity contribution in [3.05, 3.63) is 57.8 Å². The van der Waals surface area contributed by atoms with E-state index in [-0.39, 0.29) is 23.4 Å². The average Bonchev–Trinajstić information content (AvgIpc) is 3.33. The Morgan fingerprint density at radius 3 is 2.50 bits per heavy atom. The number of amides is 3. The van der Waals surface area contributed by atoms with Crippen LogP contribution in [0.4, 0.5) is 4.79 Å². The minimum absolute atomic E-state index is 0.0298. The standard InChI is InChI=1S/C26H33N3O2S/c1-25(2,3)19-9-13-26(14-10-19)23(30)29(24(31)27-26)17-28-15-11-21-20(12-16-32-21)22(28)18-7-5-4-6-8-18/h4-8,12,16,19,22H,9-11,13-15,17H2,1-3H3,(H,27,31). The Hall–Kier alpha value is -2.18. The van der Waals surface area contributed by atoms with Gasteiger partial charge in [-0.2, -0.15) is 0 Å². The summed E-state index contributed by atoms with van der Waals surface area (Å²) < 4.78 is 0. The van der Waals surface area contributed by atoms with Crippen LogP contribution in [-0.4, -0.2) is 40.5 Å². The molecule has 3 amide bonds. The van der Waals surface area contributed by atoms with Gasteiger partial charge in [0.25, 0.3) is 5.91 Å². The second-order valence-electron chi connectivity index (χ2n) is 10.7. The van der Waals surface area contributed by atoms with Gasteiger partial charge < -0.3 is 5.32 Å². The molecule has 1 N–H and O–H groups in total. The van der Waals surface area contributed by atoms with Crippen LogP contribution in [0.2, 0.25) is 0 Å². The molecule has 1 aromatic heterocycles. The van der Waals surface area contributed by atoms with Crippen LogP contribution in [0.25, 0.3) is 0 Å². The molecule has 32 heavy (non-hydrogen) atoms. The van der Waals surface area contributed by atoms with Crippen LogP contribution < -0.4 is 5.32 Å². The van der Waals surface area contributed by atoms with E-state index >= 15 is 0 Å². The highest BCUT2D eigenvalue weighted by atomic mass is 32.1. The van der Waals surface area contributed by atoms with Gasteiger partial charge in [-0.1, -0.05) is 51.1 Å². The van der Waals surface area contributed by atoms with E-state index in [0.717, 1.165) is 38.6 Å². The van der Waals surface area contributed by atoms with Crippen molar-refractivity contribution >= 4 is 23.3 Å². The molecule has 5 nitrogen and oxygen atoms in total. The third-order valence-corrected chi connectivity index (χ3v) is 8.81. The minimum atomic E-state index is -0.704. The molecule has 1 saturated carbocycles. The summed E-state index contributed by atoms with van der Waals surface area (Å²) in [6.07, 6.45) is 4.41. The SMILES string of the molecule is CC(C)(C)C1CCC2(CC1)NC(=O)N(CN1CCc3sccc3C1c1ccccc1)C2=O. The fourth-order valence-electron chi connectivity index (χ4n) is 5.85. The van der Waals surface area contributed by atoms with Crippen LogP contribution in [0.1, 0.15) is 68.5 Å². The lowest BCUT2D eigenvalue weighted by Gasteiger charge is -2.41. The highest BCUT2D eigenvalue weighted by molar-refractivity contribution is 7.10. The quantitative estimate of drug-likeness (QED) is 0.654. The van der Waals surface area contributed by atoms with Gasteiger partial charge >= 0.3 is 6.03 Å². The summed E-state index contributed by atoms with van der Waals surface area (Å²) in [5, 5.41) is 5.27. The van der Waals surface area contributed by atoms with E-state index < -0.39 is 5.54 Å². The topological polar surface area (TPSA) is 52.7 Å². The molecule has 2 fully saturated rings. The number of imide groups is 1. The summed E-state index contributed by atoms with van der Waals surface area (Å²) in [5.41, 5.74) is 2.05. The first kappa shape index (κ1) is 21.7. The summed E-state index contributed by atoms with van der Waals surface area (Å²) in [5.74, 6) is 0.561. The number of hydrogen-bond acceptors (Lipinski definition) is 4. The number of carbonyl (C=O) groups excluding carboxylic acids is 2. The lowest BCUT2D eigenvalue weighted by atomic mass is 9.67. The van der Waals surface area contributed by atoms with E-state index in [0.29, 0.717) is 12.6 Å². The van der Waals surface area contributed by atoms with Crippen LogP contribution >= 0.6 is 11.3 Å². The third kappa shape index (κ3) is 3.67. The fourth-order valence-corrected chi connectivity index (χ4v) is 6.75. The minimum Gasteiger partial charge on any atom is -0.323 e. The highest BCUT2D eigenvalue weighted by Crippen LogP contribution is 2.44. The van der Waals surface area contributed by atoms with Crippen molar-refractivity contribution in [2.75, 3.05) is 13.2 Å². The lowest BCUT2D eigenvalue weighted by molar-refractivity contribution is -0.134. The highest BCUT2D eigenvalue weighted by Gasteiger charge is 2.53. The maximum absolute atomic E-state index is 13.6. The first-order valence-corrected chi connectivity index (χ1v) is 12.7. The molecule has 170 valence electrons. The number of nitrogens with zero attached hydrogens (tertiary/aromatic N) is 2. The molecule has 0 bridgehead atoms. The average molecular weight is 452 g/mol. The molecule has 2 aliphatic heterocycles. The van der Waals surface area contributed by atoms with E-state index in [1.807, 2.05) is 6.07 Å². The number of carbonyl (C=O) groups is 2. The summed E-state index contributed by atoms with van der Waals surface area (Å²) in [4.78, 5) is 31.8. The van der Waals surface area contributed by atoms with Crippen molar-refractivity contribution in [2.24, 2.45) is 11.3 Å². The summed E-state index contributed by atoms with van der Waals surface area (Å²) in [7, 11) is 0. The molecular weight excluding hydrogens is 418 g/mol. The largest absolute Gasteiger partial charge is 0.326 e. The molecular formula is C26H33N3O2S. The van der Waals surface area contributed by atoms with Crippen molar-refractivity contribution in [1.82, 2.24) is 15.1 Å². The Labute approximate surface area is 194 Å². The first-order valence-electron chi connectivity index (χ1n) is 11.8. The van der Waals surface area contributed by atoms with Crippen molar-refractivity contribution in [3.8, 4) is 0 Å². The number of thiophene rings is 1. The van der Waals surface area contributed by atoms with Crippen molar-refractivity contribution in [1.29, 1.82) is 0 Å². The van der Waals surface area contributed by atoms with Crippen LogP contribution in [0.5, 0.6) is 0 Å². The number of fused-ring (bicyclic) bond motifs is 1. The Kier molecular flexibility index (Phi) is 5.41. The zero-order chi connectivity index (χ0) is 22.5. The monoisotopic (exact) mass is 451 g/mol. The van der Waals surface area contributed by atoms with Gasteiger partial charge in [0.1, 0.15) is 5.54 Å². The second kappa shape index (κ2) is 7.99.